The van der Waals surface area contributed by atoms with Crippen molar-refractivity contribution in [1.29, 1.82) is 0 Å². The van der Waals surface area contributed by atoms with E-state index in [1.54, 1.807) is 0 Å². The van der Waals surface area contributed by atoms with Crippen LogP contribution in [-0.2, 0) is 5.41 Å². The van der Waals surface area contributed by atoms with E-state index in [4.69, 9.17) is 11.0 Å². The molecule has 0 radical (unpaired) electrons. The smallest absolute Gasteiger partial charge is 0.188 e. The third-order valence-corrected chi connectivity index (χ3v) is 9.27. The largest absolute Gasteiger partial charge is 0.456 e. The van der Waals surface area contributed by atoms with Crippen molar-refractivity contribution in [2.45, 2.75) is 19.3 Å². The van der Waals surface area contributed by atoms with Crippen molar-refractivity contribution in [3.8, 4) is 5.69 Å². The molecule has 3 aromatic heterocycles. The molecule has 44 heavy (non-hydrogen) atoms. The Balaban J connectivity index is 1.27. The summed E-state index contributed by atoms with van der Waals surface area (Å²) in [4.78, 5) is 10.4. The minimum Gasteiger partial charge on any atom is -0.456 e. The summed E-state index contributed by atoms with van der Waals surface area (Å²) < 4.78 is 8.62. The fourth-order valence-corrected chi connectivity index (χ4v) is 7.18. The molecule has 0 aliphatic carbocycles. The summed E-state index contributed by atoms with van der Waals surface area (Å²) in [6, 6.07) is 38.2. The van der Waals surface area contributed by atoms with E-state index in [-0.39, 0.29) is 5.41 Å². The van der Waals surface area contributed by atoms with Gasteiger partial charge in [-0.05, 0) is 83.2 Å². The Morgan fingerprint density at radius 3 is 2.00 bits per heavy atom. The lowest BCUT2D eigenvalue weighted by Gasteiger charge is -2.42. The summed E-state index contributed by atoms with van der Waals surface area (Å²) in [5, 5.41) is 4.17. The number of aromatic nitrogens is 2. The van der Waals surface area contributed by atoms with Crippen molar-refractivity contribution in [1.82, 2.24) is 9.55 Å². The predicted molar refractivity (Wildman–Crippen MR) is 179 cm³/mol. The second kappa shape index (κ2) is 8.82. The third-order valence-electron chi connectivity index (χ3n) is 9.27. The van der Waals surface area contributed by atoms with Crippen molar-refractivity contribution in [2.75, 3.05) is 4.90 Å². The van der Waals surface area contributed by atoms with Crippen molar-refractivity contribution < 1.29 is 4.42 Å². The van der Waals surface area contributed by atoms with E-state index in [1.807, 2.05) is 36.7 Å². The summed E-state index contributed by atoms with van der Waals surface area (Å²) in [6.07, 6.45) is 3.71. The molecule has 0 saturated carbocycles. The minimum atomic E-state index is -0.113. The molecule has 0 unspecified atom stereocenters. The molecule has 0 amide bonds. The van der Waals surface area contributed by atoms with Crippen LogP contribution in [0.5, 0.6) is 0 Å². The van der Waals surface area contributed by atoms with E-state index in [9.17, 15) is 0 Å². The van der Waals surface area contributed by atoms with E-state index in [1.165, 1.54) is 22.5 Å². The first-order valence-corrected chi connectivity index (χ1v) is 14.7. The van der Waals surface area contributed by atoms with Gasteiger partial charge in [0.05, 0.1) is 29.0 Å². The molecule has 5 aromatic carbocycles. The number of benzene rings is 5. The molecule has 5 heteroatoms. The predicted octanol–water partition coefficient (Wildman–Crippen LogP) is 10.7. The first-order valence-electron chi connectivity index (χ1n) is 14.7. The Morgan fingerprint density at radius 2 is 1.30 bits per heavy atom. The van der Waals surface area contributed by atoms with Crippen LogP contribution in [0.15, 0.2) is 126 Å². The molecule has 1 aliphatic rings. The molecule has 1 aliphatic heterocycles. The number of nitrogens with zero attached hydrogens (tertiary/aromatic N) is 4. The number of pyridine rings is 1. The second-order valence-electron chi connectivity index (χ2n) is 12.0. The lowest BCUT2D eigenvalue weighted by molar-refractivity contribution is 0.632. The molecule has 8 aromatic rings. The quantitative estimate of drug-likeness (QED) is 0.195. The van der Waals surface area contributed by atoms with Crippen LogP contribution >= 0.6 is 0 Å². The minimum absolute atomic E-state index is 0.113. The van der Waals surface area contributed by atoms with Gasteiger partial charge in [-0.3, -0.25) is 4.98 Å². The van der Waals surface area contributed by atoms with Crippen LogP contribution in [0.4, 0.5) is 22.7 Å². The van der Waals surface area contributed by atoms with Crippen LogP contribution in [0.1, 0.15) is 25.0 Å². The summed E-state index contributed by atoms with van der Waals surface area (Å²) in [5.74, 6) is 0. The standard InChI is InChI=1S/C39H26N4O/c1-39(2)31-8-4-6-10-35(31)43(36-11-7-5-9-32(36)39)26-14-17-38-29(22-26)28-21-25(13-16-37(28)44-38)42-33-15-12-24(40-3)20-27(33)30-23-41-19-18-34(30)42/h4-23H,1-2H3. The van der Waals surface area contributed by atoms with Crippen LogP contribution in [0.25, 0.3) is 54.3 Å². The van der Waals surface area contributed by atoms with Crippen molar-refractivity contribution in [3.63, 3.8) is 0 Å². The number of hydrogen-bond donors (Lipinski definition) is 0. The van der Waals surface area contributed by atoms with E-state index in [2.05, 4.69) is 118 Å². The SMILES string of the molecule is [C-]#[N+]c1ccc2c(c1)c1cnccc1n2-c1ccc2oc3ccc(N4c5ccccc5C(C)(C)c5ccccc54)cc3c2c1. The molecule has 0 N–H and O–H groups in total. The first-order chi connectivity index (χ1) is 21.5. The highest BCUT2D eigenvalue weighted by Crippen LogP contribution is 2.52. The van der Waals surface area contributed by atoms with Gasteiger partial charge >= 0.3 is 0 Å². The Bertz CT molecular complexity index is 2460. The Labute approximate surface area is 254 Å². The number of anilines is 3. The van der Waals surface area contributed by atoms with Gasteiger partial charge in [-0.15, -0.1) is 0 Å². The zero-order valence-electron chi connectivity index (χ0n) is 24.2. The fourth-order valence-electron chi connectivity index (χ4n) is 7.18. The van der Waals surface area contributed by atoms with Gasteiger partial charge in [-0.25, -0.2) is 4.85 Å². The molecular formula is C39H26N4O. The van der Waals surface area contributed by atoms with E-state index in [0.717, 1.165) is 55.1 Å². The Hall–Kier alpha value is -5.86. The normalized spacial score (nSPS) is 13.8. The zero-order chi connectivity index (χ0) is 29.6. The van der Waals surface area contributed by atoms with Gasteiger partial charge in [-0.1, -0.05) is 56.3 Å². The summed E-state index contributed by atoms with van der Waals surface area (Å²) >= 11 is 0. The molecule has 4 heterocycles. The van der Waals surface area contributed by atoms with Crippen LogP contribution in [-0.4, -0.2) is 9.55 Å². The number of hydrogen-bond acceptors (Lipinski definition) is 3. The zero-order valence-corrected chi connectivity index (χ0v) is 24.2. The molecule has 9 rings (SSSR count). The van der Waals surface area contributed by atoms with Crippen molar-refractivity contribution in [3.05, 3.63) is 144 Å². The number of para-hydroxylation sites is 2. The fraction of sp³-hybridized carbons (Fsp3) is 0.0769. The average Bonchev–Trinajstić information content (AvgIpc) is 3.59. The van der Waals surface area contributed by atoms with Gasteiger partial charge in [0.15, 0.2) is 5.69 Å². The van der Waals surface area contributed by atoms with Crippen molar-refractivity contribution in [2.24, 2.45) is 0 Å². The van der Waals surface area contributed by atoms with Crippen molar-refractivity contribution >= 4 is 66.5 Å². The highest BCUT2D eigenvalue weighted by molar-refractivity contribution is 6.11. The molecule has 0 saturated heterocycles. The molecular weight excluding hydrogens is 540 g/mol. The molecule has 0 fully saturated rings. The van der Waals surface area contributed by atoms with Gasteiger partial charge in [0, 0.05) is 45.3 Å². The van der Waals surface area contributed by atoms with Crippen LogP contribution in [0.3, 0.4) is 0 Å². The van der Waals surface area contributed by atoms with Gasteiger partial charge in [0.1, 0.15) is 11.2 Å². The topological polar surface area (TPSA) is 38.6 Å². The third kappa shape index (κ3) is 3.31. The number of rotatable bonds is 2. The summed E-state index contributed by atoms with van der Waals surface area (Å²) in [7, 11) is 0. The van der Waals surface area contributed by atoms with Gasteiger partial charge in [0.25, 0.3) is 0 Å². The summed E-state index contributed by atoms with van der Waals surface area (Å²) in [6.45, 7) is 12.1. The highest BCUT2D eigenvalue weighted by atomic mass is 16.3. The van der Waals surface area contributed by atoms with Crippen LogP contribution in [0.2, 0.25) is 0 Å². The van der Waals surface area contributed by atoms with Gasteiger partial charge < -0.3 is 13.9 Å². The highest BCUT2D eigenvalue weighted by Gasteiger charge is 2.36. The summed E-state index contributed by atoms with van der Waals surface area (Å²) in [5.41, 5.74) is 11.4. The van der Waals surface area contributed by atoms with Crippen LogP contribution in [0, 0.1) is 6.57 Å². The second-order valence-corrected chi connectivity index (χ2v) is 12.0. The maximum atomic E-state index is 7.53. The molecule has 0 bridgehead atoms. The first kappa shape index (κ1) is 24.7. The monoisotopic (exact) mass is 566 g/mol. The number of furan rings is 1. The maximum absolute atomic E-state index is 7.53. The van der Waals surface area contributed by atoms with E-state index >= 15 is 0 Å². The average molecular weight is 567 g/mol. The Kier molecular flexibility index (Phi) is 4.96. The van der Waals surface area contributed by atoms with E-state index < -0.39 is 0 Å². The molecule has 0 atom stereocenters. The number of fused-ring (bicyclic) bond motifs is 8. The van der Waals surface area contributed by atoms with E-state index in [0.29, 0.717) is 5.69 Å². The lowest BCUT2D eigenvalue weighted by Crippen LogP contribution is -2.30. The molecule has 0 spiro atoms. The molecule has 208 valence electrons. The van der Waals surface area contributed by atoms with Crippen LogP contribution < -0.4 is 4.90 Å². The maximum Gasteiger partial charge on any atom is 0.188 e. The van der Waals surface area contributed by atoms with Gasteiger partial charge in [-0.2, -0.15) is 0 Å². The lowest BCUT2D eigenvalue weighted by atomic mass is 9.73. The Morgan fingerprint density at radius 1 is 0.659 bits per heavy atom. The molecule has 5 nitrogen and oxygen atoms in total. The van der Waals surface area contributed by atoms with Gasteiger partial charge in [0.2, 0.25) is 0 Å².